The van der Waals surface area contributed by atoms with Gasteiger partial charge >= 0.3 is 0 Å². The van der Waals surface area contributed by atoms with Crippen LogP contribution in [0.2, 0.25) is 0 Å². The van der Waals surface area contributed by atoms with Crippen LogP contribution in [-0.4, -0.2) is 26.4 Å². The van der Waals surface area contributed by atoms with Crippen LogP contribution in [0.15, 0.2) is 5.16 Å². The van der Waals surface area contributed by atoms with E-state index in [1.165, 1.54) is 11.8 Å². The van der Waals surface area contributed by atoms with E-state index in [1.54, 1.807) is 0 Å². The van der Waals surface area contributed by atoms with Crippen molar-refractivity contribution in [3.8, 4) is 0 Å². The summed E-state index contributed by atoms with van der Waals surface area (Å²) >= 11 is 1.48. The number of primary amides is 1. The summed E-state index contributed by atoms with van der Waals surface area (Å²) in [5.74, 6) is 1.23. The fourth-order valence-corrected chi connectivity index (χ4v) is 1.67. The summed E-state index contributed by atoms with van der Waals surface area (Å²) < 4.78 is 1.88. The molecule has 1 aromatic heterocycles. The average molecular weight is 200 g/mol. The molecule has 13 heavy (non-hydrogen) atoms. The van der Waals surface area contributed by atoms with Gasteiger partial charge in [-0.15, -0.1) is 10.2 Å². The lowest BCUT2D eigenvalue weighted by atomic mass is 10.5. The number of rotatable bonds is 4. The highest BCUT2D eigenvalue weighted by atomic mass is 32.2. The maximum atomic E-state index is 10.4. The SMILES string of the molecule is Cc1nnc(SCCC(N)=O)n1C. The zero-order chi connectivity index (χ0) is 9.84. The summed E-state index contributed by atoms with van der Waals surface area (Å²) in [6, 6.07) is 0. The lowest BCUT2D eigenvalue weighted by Crippen LogP contribution is -2.11. The number of nitrogens with two attached hydrogens (primary N) is 1. The van der Waals surface area contributed by atoms with E-state index in [-0.39, 0.29) is 5.91 Å². The summed E-state index contributed by atoms with van der Waals surface area (Å²) in [4.78, 5) is 10.4. The number of amides is 1. The molecule has 1 heterocycles. The van der Waals surface area contributed by atoms with Crippen molar-refractivity contribution in [1.29, 1.82) is 0 Å². The molecule has 0 aromatic carbocycles. The number of nitrogens with zero attached hydrogens (tertiary/aromatic N) is 3. The van der Waals surface area contributed by atoms with Gasteiger partial charge in [-0.05, 0) is 6.92 Å². The lowest BCUT2D eigenvalue weighted by Gasteiger charge is -1.99. The minimum Gasteiger partial charge on any atom is -0.370 e. The largest absolute Gasteiger partial charge is 0.370 e. The second kappa shape index (κ2) is 4.27. The molecule has 1 aromatic rings. The Morgan fingerprint density at radius 1 is 1.62 bits per heavy atom. The first-order chi connectivity index (χ1) is 6.11. The molecule has 1 amide bonds. The molecule has 0 saturated heterocycles. The van der Waals surface area contributed by atoms with Crippen molar-refractivity contribution < 1.29 is 4.79 Å². The van der Waals surface area contributed by atoms with E-state index in [2.05, 4.69) is 10.2 Å². The minimum absolute atomic E-state index is 0.286. The van der Waals surface area contributed by atoms with Crippen molar-refractivity contribution in [3.05, 3.63) is 5.82 Å². The second-order valence-corrected chi connectivity index (χ2v) is 3.72. The summed E-state index contributed by atoms with van der Waals surface area (Å²) in [5.41, 5.74) is 5.00. The van der Waals surface area contributed by atoms with Crippen molar-refractivity contribution in [1.82, 2.24) is 14.8 Å². The normalized spacial score (nSPS) is 10.3. The Balaban J connectivity index is 2.45. The van der Waals surface area contributed by atoms with E-state index < -0.39 is 0 Å². The first kappa shape index (κ1) is 10.0. The molecule has 72 valence electrons. The molecule has 0 atom stereocenters. The van der Waals surface area contributed by atoms with Crippen LogP contribution in [0.4, 0.5) is 0 Å². The third kappa shape index (κ3) is 2.73. The predicted octanol–water partition coefficient (Wildman–Crippen LogP) is 0.0910. The number of thioether (sulfide) groups is 1. The van der Waals surface area contributed by atoms with Gasteiger partial charge in [0.25, 0.3) is 0 Å². The van der Waals surface area contributed by atoms with Gasteiger partial charge in [-0.3, -0.25) is 4.79 Å². The van der Waals surface area contributed by atoms with Crippen molar-refractivity contribution in [3.63, 3.8) is 0 Å². The van der Waals surface area contributed by atoms with Crippen LogP contribution < -0.4 is 5.73 Å². The van der Waals surface area contributed by atoms with Crippen LogP contribution in [0, 0.1) is 6.92 Å². The van der Waals surface area contributed by atoms with Crippen molar-refractivity contribution in [2.75, 3.05) is 5.75 Å². The Morgan fingerprint density at radius 3 is 2.77 bits per heavy atom. The molecule has 0 aliphatic heterocycles. The third-order valence-electron chi connectivity index (χ3n) is 1.63. The highest BCUT2D eigenvalue weighted by molar-refractivity contribution is 7.99. The van der Waals surface area contributed by atoms with Gasteiger partial charge in [0.2, 0.25) is 5.91 Å². The van der Waals surface area contributed by atoms with Gasteiger partial charge in [0.1, 0.15) is 5.82 Å². The minimum atomic E-state index is -0.286. The smallest absolute Gasteiger partial charge is 0.218 e. The van der Waals surface area contributed by atoms with Crippen molar-refractivity contribution >= 4 is 17.7 Å². The quantitative estimate of drug-likeness (QED) is 0.699. The molecule has 0 aliphatic carbocycles. The third-order valence-corrected chi connectivity index (χ3v) is 2.65. The van der Waals surface area contributed by atoms with Crippen LogP contribution in [0.1, 0.15) is 12.2 Å². The Hall–Kier alpha value is -1.04. The fraction of sp³-hybridized carbons (Fsp3) is 0.571. The second-order valence-electron chi connectivity index (χ2n) is 2.65. The molecule has 0 unspecified atom stereocenters. The number of carbonyl (C=O) groups excluding carboxylic acids is 1. The zero-order valence-corrected chi connectivity index (χ0v) is 8.47. The molecule has 0 aliphatic rings. The number of aromatic nitrogens is 3. The first-order valence-electron chi connectivity index (χ1n) is 3.88. The molecular formula is C7H12N4OS. The van der Waals surface area contributed by atoms with E-state index in [4.69, 9.17) is 5.73 Å². The van der Waals surface area contributed by atoms with Gasteiger partial charge in [-0.1, -0.05) is 11.8 Å². The Labute approximate surface area is 80.7 Å². The standard InChI is InChI=1S/C7H12N4OS/c1-5-9-10-7(11(5)2)13-4-3-6(8)12/h3-4H2,1-2H3,(H2,8,12). The molecule has 0 bridgehead atoms. The zero-order valence-electron chi connectivity index (χ0n) is 7.65. The van der Waals surface area contributed by atoms with Crippen LogP contribution in [-0.2, 0) is 11.8 Å². The molecular weight excluding hydrogens is 188 g/mol. The maximum Gasteiger partial charge on any atom is 0.218 e. The Kier molecular flexibility index (Phi) is 3.30. The number of carbonyl (C=O) groups is 1. The lowest BCUT2D eigenvalue weighted by molar-refractivity contribution is -0.117. The van der Waals surface area contributed by atoms with Gasteiger partial charge < -0.3 is 10.3 Å². The highest BCUT2D eigenvalue weighted by Gasteiger charge is 2.05. The van der Waals surface area contributed by atoms with Gasteiger partial charge in [0.05, 0.1) is 0 Å². The monoisotopic (exact) mass is 200 g/mol. The van der Waals surface area contributed by atoms with E-state index >= 15 is 0 Å². The Morgan fingerprint density at radius 2 is 2.31 bits per heavy atom. The fourth-order valence-electron chi connectivity index (χ4n) is 0.756. The summed E-state index contributed by atoms with van der Waals surface area (Å²) in [7, 11) is 1.89. The van der Waals surface area contributed by atoms with Crippen LogP contribution in [0.5, 0.6) is 0 Å². The van der Waals surface area contributed by atoms with E-state index in [0.29, 0.717) is 12.2 Å². The van der Waals surface area contributed by atoms with Crippen LogP contribution >= 0.6 is 11.8 Å². The number of hydrogen-bond acceptors (Lipinski definition) is 4. The molecule has 0 radical (unpaired) electrons. The van der Waals surface area contributed by atoms with Crippen LogP contribution in [0.3, 0.4) is 0 Å². The van der Waals surface area contributed by atoms with Gasteiger partial charge in [-0.2, -0.15) is 0 Å². The molecule has 6 heteroatoms. The predicted molar refractivity (Wildman–Crippen MR) is 50.3 cm³/mol. The van der Waals surface area contributed by atoms with E-state index in [0.717, 1.165) is 11.0 Å². The van der Waals surface area contributed by atoms with Crippen molar-refractivity contribution in [2.45, 2.75) is 18.5 Å². The molecule has 1 rings (SSSR count). The molecule has 0 fully saturated rings. The highest BCUT2D eigenvalue weighted by Crippen LogP contribution is 2.15. The summed E-state index contributed by atoms with van der Waals surface area (Å²) in [6.07, 6.45) is 0.372. The van der Waals surface area contributed by atoms with Crippen LogP contribution in [0.25, 0.3) is 0 Å². The first-order valence-corrected chi connectivity index (χ1v) is 4.87. The van der Waals surface area contributed by atoms with Gasteiger partial charge in [0, 0.05) is 19.2 Å². The molecule has 5 nitrogen and oxygen atoms in total. The van der Waals surface area contributed by atoms with E-state index in [9.17, 15) is 4.79 Å². The molecule has 0 spiro atoms. The number of hydrogen-bond donors (Lipinski definition) is 1. The van der Waals surface area contributed by atoms with Gasteiger partial charge in [-0.25, -0.2) is 0 Å². The van der Waals surface area contributed by atoms with E-state index in [1.807, 2.05) is 18.5 Å². The molecule has 2 N–H and O–H groups in total. The maximum absolute atomic E-state index is 10.4. The Bertz CT molecular complexity index is 309. The summed E-state index contributed by atoms with van der Waals surface area (Å²) in [6.45, 7) is 1.88. The summed E-state index contributed by atoms with van der Waals surface area (Å²) in [5, 5.41) is 8.64. The van der Waals surface area contributed by atoms with Gasteiger partial charge in [0.15, 0.2) is 5.16 Å². The molecule has 0 saturated carbocycles. The average Bonchev–Trinajstić information content (AvgIpc) is 2.35. The number of aryl methyl sites for hydroxylation is 1. The van der Waals surface area contributed by atoms with Crippen molar-refractivity contribution in [2.24, 2.45) is 12.8 Å². The topological polar surface area (TPSA) is 73.8 Å².